The zero-order chi connectivity index (χ0) is 20.1. The predicted molar refractivity (Wildman–Crippen MR) is 115 cm³/mol. The predicted octanol–water partition coefficient (Wildman–Crippen LogP) is 2.17. The summed E-state index contributed by atoms with van der Waals surface area (Å²) < 4.78 is 4.39. The maximum absolute atomic E-state index is 11.0. The van der Waals surface area contributed by atoms with Crippen LogP contribution in [0.3, 0.4) is 0 Å². The normalized spacial score (nSPS) is 29.6. The number of likely N-dealkylation sites (tertiary alicyclic amines) is 1. The Balaban J connectivity index is 1.16. The second-order valence-electron chi connectivity index (χ2n) is 9.34. The van der Waals surface area contributed by atoms with Crippen molar-refractivity contribution < 1.29 is 5.11 Å². The van der Waals surface area contributed by atoms with Gasteiger partial charge in [-0.15, -0.1) is 0 Å². The van der Waals surface area contributed by atoms with Crippen molar-refractivity contribution in [3.05, 3.63) is 48.0 Å². The van der Waals surface area contributed by atoms with Crippen molar-refractivity contribution in [3.63, 3.8) is 0 Å². The topological polar surface area (TPSA) is 71.1 Å². The van der Waals surface area contributed by atoms with E-state index in [2.05, 4.69) is 42.6 Å². The zero-order valence-corrected chi connectivity index (χ0v) is 17.3. The molecular formula is C23H30N6O. The van der Waals surface area contributed by atoms with Gasteiger partial charge in [0.1, 0.15) is 0 Å². The molecule has 2 N–H and O–H groups in total. The van der Waals surface area contributed by atoms with Gasteiger partial charge in [0.05, 0.1) is 40.9 Å². The van der Waals surface area contributed by atoms with Crippen molar-refractivity contribution >= 4 is 11.0 Å². The smallest absolute Gasteiger partial charge is 0.0961 e. The van der Waals surface area contributed by atoms with Crippen LogP contribution in [0.25, 0.3) is 11.0 Å². The molecule has 0 bridgehead atoms. The summed E-state index contributed by atoms with van der Waals surface area (Å²) in [4.78, 5) is 7.10. The minimum atomic E-state index is -0.307. The van der Waals surface area contributed by atoms with Crippen molar-refractivity contribution in [2.45, 2.75) is 51.0 Å². The van der Waals surface area contributed by atoms with E-state index in [1.54, 1.807) is 0 Å². The summed E-state index contributed by atoms with van der Waals surface area (Å²) in [6, 6.07) is 10.6. The van der Waals surface area contributed by atoms with Gasteiger partial charge in [-0.3, -0.25) is 9.58 Å². The molecule has 0 unspecified atom stereocenters. The van der Waals surface area contributed by atoms with E-state index in [1.807, 2.05) is 18.5 Å². The molecule has 3 aromatic rings. The van der Waals surface area contributed by atoms with Crippen molar-refractivity contribution in [3.8, 4) is 0 Å². The van der Waals surface area contributed by atoms with Crippen LogP contribution in [-0.4, -0.2) is 55.1 Å². The number of imidazole rings is 1. The standard InChI is InChI=1S/C23H30N6O/c30-23-9-17-13-27(14-18-10-19-11-24-6-3-7-29(19)26-18)12-16(17)8-22(23)28-15-25-20-4-1-2-5-21(20)28/h1-2,4-5,10,15-17,22-24,30H,3,6-9,11-14H2/t16-,17+,22-,23-/m1/s1. The SMILES string of the molecule is O[C@@H]1C[C@H]2CN(Cc3cc4n(n3)CCCNC4)C[C@H]2C[C@H]1n1cnc2ccccc21. The van der Waals surface area contributed by atoms with Crippen molar-refractivity contribution in [2.75, 3.05) is 19.6 Å². The van der Waals surface area contributed by atoms with Crippen molar-refractivity contribution in [2.24, 2.45) is 11.8 Å². The van der Waals surface area contributed by atoms with E-state index in [4.69, 9.17) is 5.10 Å². The monoisotopic (exact) mass is 406 g/mol. The fourth-order valence-electron chi connectivity index (χ4n) is 5.90. The number of hydrogen-bond donors (Lipinski definition) is 2. The lowest BCUT2D eigenvalue weighted by Crippen LogP contribution is -2.36. The molecule has 3 aliphatic rings. The molecule has 30 heavy (non-hydrogen) atoms. The molecule has 1 saturated heterocycles. The quantitative estimate of drug-likeness (QED) is 0.698. The number of fused-ring (bicyclic) bond motifs is 3. The molecule has 7 heteroatoms. The minimum absolute atomic E-state index is 0.119. The number of hydrogen-bond acceptors (Lipinski definition) is 5. The largest absolute Gasteiger partial charge is 0.391 e. The van der Waals surface area contributed by atoms with Gasteiger partial charge in [0, 0.05) is 32.7 Å². The van der Waals surface area contributed by atoms with Gasteiger partial charge >= 0.3 is 0 Å². The highest BCUT2D eigenvalue weighted by molar-refractivity contribution is 5.75. The number of aryl methyl sites for hydroxylation is 1. The molecule has 4 heterocycles. The van der Waals surface area contributed by atoms with Crippen molar-refractivity contribution in [1.82, 2.24) is 29.5 Å². The van der Waals surface area contributed by atoms with Gasteiger partial charge in [0.15, 0.2) is 0 Å². The first-order valence-corrected chi connectivity index (χ1v) is 11.3. The van der Waals surface area contributed by atoms with Crippen LogP contribution in [0.4, 0.5) is 0 Å². The summed E-state index contributed by atoms with van der Waals surface area (Å²) in [6.45, 7) is 6.09. The number of benzene rings is 1. The summed E-state index contributed by atoms with van der Waals surface area (Å²) in [7, 11) is 0. The van der Waals surface area contributed by atoms with Crippen LogP contribution in [0, 0.1) is 11.8 Å². The highest BCUT2D eigenvalue weighted by Gasteiger charge is 2.42. The Hall–Kier alpha value is -2.22. The van der Waals surface area contributed by atoms with Gasteiger partial charge in [0.2, 0.25) is 0 Å². The lowest BCUT2D eigenvalue weighted by molar-refractivity contribution is 0.0374. The lowest BCUT2D eigenvalue weighted by atomic mass is 9.77. The molecule has 158 valence electrons. The first-order chi connectivity index (χ1) is 14.7. The average Bonchev–Trinajstić information content (AvgIpc) is 3.40. The lowest BCUT2D eigenvalue weighted by Gasteiger charge is -2.36. The van der Waals surface area contributed by atoms with Crippen LogP contribution in [0.15, 0.2) is 36.7 Å². The van der Waals surface area contributed by atoms with Crippen LogP contribution in [0.5, 0.6) is 0 Å². The molecule has 2 fully saturated rings. The van der Waals surface area contributed by atoms with Crippen molar-refractivity contribution in [1.29, 1.82) is 0 Å². The van der Waals surface area contributed by atoms with E-state index in [9.17, 15) is 5.11 Å². The van der Waals surface area contributed by atoms with Crippen LogP contribution < -0.4 is 5.32 Å². The van der Waals surface area contributed by atoms with Gasteiger partial charge in [-0.25, -0.2) is 4.98 Å². The molecule has 2 aromatic heterocycles. The summed E-state index contributed by atoms with van der Waals surface area (Å²) >= 11 is 0. The Morgan fingerprint density at radius 3 is 2.93 bits per heavy atom. The molecule has 0 spiro atoms. The summed E-state index contributed by atoms with van der Waals surface area (Å²) in [5.41, 5.74) is 4.63. The number of aliphatic hydroxyl groups excluding tert-OH is 1. The molecule has 0 amide bonds. The Kier molecular flexibility index (Phi) is 4.62. The fourth-order valence-corrected chi connectivity index (χ4v) is 5.90. The van der Waals surface area contributed by atoms with Gasteiger partial charge in [-0.2, -0.15) is 5.10 Å². The summed E-state index contributed by atoms with van der Waals surface area (Å²) in [5, 5.41) is 19.3. The van der Waals surface area contributed by atoms with E-state index in [-0.39, 0.29) is 12.1 Å². The van der Waals surface area contributed by atoms with Crippen LogP contribution in [-0.2, 0) is 19.6 Å². The minimum Gasteiger partial charge on any atom is -0.391 e. The highest BCUT2D eigenvalue weighted by Crippen LogP contribution is 2.42. The third kappa shape index (κ3) is 3.25. The zero-order valence-electron chi connectivity index (χ0n) is 17.3. The maximum atomic E-state index is 11.0. The second-order valence-corrected chi connectivity index (χ2v) is 9.34. The number of rotatable bonds is 3. The second kappa shape index (κ2) is 7.48. The van der Waals surface area contributed by atoms with E-state index in [0.29, 0.717) is 11.8 Å². The molecule has 6 rings (SSSR count). The third-order valence-corrected chi connectivity index (χ3v) is 7.35. The first kappa shape index (κ1) is 18.5. The van der Waals surface area contributed by atoms with E-state index in [1.165, 1.54) is 11.4 Å². The molecule has 4 atom stereocenters. The number of nitrogens with zero attached hydrogens (tertiary/aromatic N) is 5. The molecule has 0 radical (unpaired) electrons. The fraction of sp³-hybridized carbons (Fsp3) is 0.565. The summed E-state index contributed by atoms with van der Waals surface area (Å²) in [5.74, 6) is 1.20. The Bertz CT molecular complexity index is 1020. The first-order valence-electron chi connectivity index (χ1n) is 11.3. The van der Waals surface area contributed by atoms with Crippen LogP contribution in [0.1, 0.15) is 36.7 Å². The molecule has 7 nitrogen and oxygen atoms in total. The summed E-state index contributed by atoms with van der Waals surface area (Å²) in [6.07, 6.45) is 4.65. The van der Waals surface area contributed by atoms with E-state index < -0.39 is 0 Å². The Morgan fingerprint density at radius 2 is 2.00 bits per heavy atom. The van der Waals surface area contributed by atoms with Crippen LogP contribution in [0.2, 0.25) is 0 Å². The van der Waals surface area contributed by atoms with Gasteiger partial charge in [-0.1, -0.05) is 12.1 Å². The van der Waals surface area contributed by atoms with E-state index >= 15 is 0 Å². The Labute approximate surface area is 176 Å². The molecule has 1 saturated carbocycles. The molecule has 1 aliphatic carbocycles. The number of para-hydroxylation sites is 2. The Morgan fingerprint density at radius 1 is 1.13 bits per heavy atom. The van der Waals surface area contributed by atoms with Gasteiger partial charge in [-0.05, 0) is 55.8 Å². The molecule has 1 aromatic carbocycles. The third-order valence-electron chi connectivity index (χ3n) is 7.35. The molecular weight excluding hydrogens is 376 g/mol. The number of aliphatic hydroxyl groups is 1. The van der Waals surface area contributed by atoms with Gasteiger partial charge < -0.3 is 15.0 Å². The molecule has 2 aliphatic heterocycles. The average molecular weight is 407 g/mol. The van der Waals surface area contributed by atoms with Gasteiger partial charge in [0.25, 0.3) is 0 Å². The highest BCUT2D eigenvalue weighted by atomic mass is 16.3. The number of nitrogens with one attached hydrogen (secondary N) is 1. The maximum Gasteiger partial charge on any atom is 0.0961 e. The van der Waals surface area contributed by atoms with Crippen LogP contribution >= 0.6 is 0 Å². The van der Waals surface area contributed by atoms with E-state index in [0.717, 1.165) is 69.6 Å². The number of aromatic nitrogens is 4.